The summed E-state index contributed by atoms with van der Waals surface area (Å²) in [5.41, 5.74) is 0.882. The predicted octanol–water partition coefficient (Wildman–Crippen LogP) is 3.80. The van der Waals surface area contributed by atoms with Gasteiger partial charge >= 0.3 is 0 Å². The summed E-state index contributed by atoms with van der Waals surface area (Å²) in [4.78, 5) is 0. The van der Waals surface area contributed by atoms with E-state index in [2.05, 4.69) is 19.2 Å². The molecule has 0 aromatic heterocycles. The molecule has 1 nitrogen and oxygen atoms in total. The van der Waals surface area contributed by atoms with E-state index >= 15 is 0 Å². The number of hydrogen-bond acceptors (Lipinski definition) is 1. The Morgan fingerprint density at radius 1 is 1.24 bits per heavy atom. The number of benzene rings is 1. The molecule has 0 amide bonds. The van der Waals surface area contributed by atoms with Crippen LogP contribution in [-0.4, -0.2) is 6.04 Å². The van der Waals surface area contributed by atoms with Gasteiger partial charge in [-0.1, -0.05) is 13.0 Å². The van der Waals surface area contributed by atoms with Crippen LogP contribution in [0.25, 0.3) is 0 Å². The molecule has 2 atom stereocenters. The third-order valence-corrected chi connectivity index (χ3v) is 4.01. The Kier molecular flexibility index (Phi) is 3.21. The minimum absolute atomic E-state index is 0.0944. The van der Waals surface area contributed by atoms with Crippen molar-refractivity contribution in [3.05, 3.63) is 35.4 Å². The van der Waals surface area contributed by atoms with Gasteiger partial charge in [-0.25, -0.2) is 8.78 Å². The minimum Gasteiger partial charge on any atom is -0.307 e. The molecule has 17 heavy (non-hydrogen) atoms. The van der Waals surface area contributed by atoms with Gasteiger partial charge in [0.2, 0.25) is 0 Å². The molecule has 1 N–H and O–H groups in total. The van der Waals surface area contributed by atoms with Crippen LogP contribution in [0.4, 0.5) is 8.78 Å². The molecule has 1 aliphatic carbocycles. The minimum atomic E-state index is -0.527. The lowest BCUT2D eigenvalue weighted by Crippen LogP contribution is -2.35. The second-order valence-corrected chi connectivity index (χ2v) is 5.43. The second-order valence-electron chi connectivity index (χ2n) is 5.43. The summed E-state index contributed by atoms with van der Waals surface area (Å²) in [6.07, 6.45) is 2.44. The monoisotopic (exact) mass is 239 g/mol. The maximum Gasteiger partial charge on any atom is 0.130 e. The molecule has 94 valence electrons. The highest BCUT2D eigenvalue weighted by molar-refractivity contribution is 5.22. The fourth-order valence-corrected chi connectivity index (χ4v) is 2.15. The van der Waals surface area contributed by atoms with E-state index in [1.807, 2.05) is 6.92 Å². The Bertz CT molecular complexity index is 413. The highest BCUT2D eigenvalue weighted by atomic mass is 19.1. The molecule has 0 spiro atoms. The van der Waals surface area contributed by atoms with Gasteiger partial charge in [0.15, 0.2) is 0 Å². The van der Waals surface area contributed by atoms with Gasteiger partial charge in [-0.3, -0.25) is 0 Å². The molecule has 0 saturated heterocycles. The Labute approximate surface area is 101 Å². The van der Waals surface area contributed by atoms with Crippen LogP contribution in [-0.2, 0) is 0 Å². The summed E-state index contributed by atoms with van der Waals surface area (Å²) in [5, 5.41) is 3.40. The lowest BCUT2D eigenvalue weighted by atomic mass is 9.98. The van der Waals surface area contributed by atoms with Crippen LogP contribution in [0.5, 0.6) is 0 Å². The van der Waals surface area contributed by atoms with Gasteiger partial charge in [0, 0.05) is 23.7 Å². The van der Waals surface area contributed by atoms with Gasteiger partial charge < -0.3 is 5.32 Å². The molecular formula is C14H19F2N. The number of halogens is 2. The van der Waals surface area contributed by atoms with Crippen molar-refractivity contribution in [3.63, 3.8) is 0 Å². The lowest BCUT2D eigenvalue weighted by molar-refractivity contribution is 0.346. The summed E-state index contributed by atoms with van der Waals surface area (Å²) in [5.74, 6) is -1.00. The van der Waals surface area contributed by atoms with E-state index in [1.54, 1.807) is 0 Å². The third-order valence-electron chi connectivity index (χ3n) is 4.01. The standard InChI is InChI=1S/C14H19F2N/c1-9(17-10(2)14(3)6-7-14)12-5-4-11(15)8-13(12)16/h4-5,8-10,17H,6-7H2,1-3H3. The lowest BCUT2D eigenvalue weighted by Gasteiger charge is -2.25. The first-order valence-corrected chi connectivity index (χ1v) is 6.13. The van der Waals surface area contributed by atoms with Crippen LogP contribution in [0.2, 0.25) is 0 Å². The average Bonchev–Trinajstić information content (AvgIpc) is 2.97. The Hall–Kier alpha value is -0.960. The average molecular weight is 239 g/mol. The Morgan fingerprint density at radius 2 is 1.88 bits per heavy atom. The summed E-state index contributed by atoms with van der Waals surface area (Å²) in [6, 6.07) is 4.02. The maximum atomic E-state index is 13.6. The first-order valence-electron chi connectivity index (χ1n) is 6.13. The van der Waals surface area contributed by atoms with E-state index in [9.17, 15) is 8.78 Å². The van der Waals surface area contributed by atoms with Crippen LogP contribution < -0.4 is 5.32 Å². The smallest absolute Gasteiger partial charge is 0.130 e. The van der Waals surface area contributed by atoms with Crippen LogP contribution in [0.3, 0.4) is 0 Å². The quantitative estimate of drug-likeness (QED) is 0.842. The van der Waals surface area contributed by atoms with E-state index in [-0.39, 0.29) is 6.04 Å². The molecule has 3 heteroatoms. The highest BCUT2D eigenvalue weighted by Crippen LogP contribution is 2.48. The van der Waals surface area contributed by atoms with Gasteiger partial charge in [0.05, 0.1) is 0 Å². The van der Waals surface area contributed by atoms with Crippen molar-refractivity contribution in [2.45, 2.75) is 45.7 Å². The van der Waals surface area contributed by atoms with Gasteiger partial charge in [0.1, 0.15) is 11.6 Å². The van der Waals surface area contributed by atoms with Gasteiger partial charge in [-0.05, 0) is 38.2 Å². The summed E-state index contributed by atoms with van der Waals surface area (Å²) < 4.78 is 26.4. The SMILES string of the molecule is CC(NC(C)C1(C)CC1)c1ccc(F)cc1F. The Morgan fingerprint density at radius 3 is 2.41 bits per heavy atom. The first-order chi connectivity index (χ1) is 7.92. The molecule has 0 heterocycles. The van der Waals surface area contributed by atoms with Crippen molar-refractivity contribution in [1.29, 1.82) is 0 Å². The molecule has 0 bridgehead atoms. The molecule has 1 aromatic rings. The van der Waals surface area contributed by atoms with Gasteiger partial charge in [-0.15, -0.1) is 0 Å². The van der Waals surface area contributed by atoms with Crippen LogP contribution in [0.15, 0.2) is 18.2 Å². The molecule has 0 aliphatic heterocycles. The molecule has 2 unspecified atom stereocenters. The van der Waals surface area contributed by atoms with Crippen molar-refractivity contribution in [2.75, 3.05) is 0 Å². The number of hydrogen-bond donors (Lipinski definition) is 1. The van der Waals surface area contributed by atoms with Gasteiger partial charge in [0.25, 0.3) is 0 Å². The molecule has 1 saturated carbocycles. The van der Waals surface area contributed by atoms with Crippen molar-refractivity contribution >= 4 is 0 Å². The second kappa shape index (κ2) is 4.37. The van der Waals surface area contributed by atoms with Crippen LogP contribution in [0, 0.1) is 17.0 Å². The molecule has 1 aliphatic rings. The predicted molar refractivity (Wildman–Crippen MR) is 64.7 cm³/mol. The van der Waals surface area contributed by atoms with Crippen LogP contribution in [0.1, 0.15) is 45.2 Å². The van der Waals surface area contributed by atoms with Gasteiger partial charge in [-0.2, -0.15) is 0 Å². The van der Waals surface area contributed by atoms with Crippen LogP contribution >= 0.6 is 0 Å². The fourth-order valence-electron chi connectivity index (χ4n) is 2.15. The van der Waals surface area contributed by atoms with Crippen molar-refractivity contribution in [2.24, 2.45) is 5.41 Å². The first kappa shape index (κ1) is 12.5. The fraction of sp³-hybridized carbons (Fsp3) is 0.571. The maximum absolute atomic E-state index is 13.6. The van der Waals surface area contributed by atoms with E-state index in [1.165, 1.54) is 25.0 Å². The Balaban J connectivity index is 2.06. The summed E-state index contributed by atoms with van der Waals surface area (Å²) in [7, 11) is 0. The zero-order chi connectivity index (χ0) is 12.6. The summed E-state index contributed by atoms with van der Waals surface area (Å²) in [6.45, 7) is 6.28. The molecule has 2 rings (SSSR count). The molecular weight excluding hydrogens is 220 g/mol. The molecule has 0 radical (unpaired) electrons. The van der Waals surface area contributed by atoms with Crippen molar-refractivity contribution in [1.82, 2.24) is 5.32 Å². The van der Waals surface area contributed by atoms with Crippen molar-refractivity contribution in [3.8, 4) is 0 Å². The number of rotatable bonds is 4. The topological polar surface area (TPSA) is 12.0 Å². The molecule has 1 aromatic carbocycles. The molecule has 1 fully saturated rings. The van der Waals surface area contributed by atoms with E-state index in [0.29, 0.717) is 17.0 Å². The number of nitrogens with one attached hydrogen (secondary N) is 1. The van der Waals surface area contributed by atoms with Crippen molar-refractivity contribution < 1.29 is 8.78 Å². The van der Waals surface area contributed by atoms with E-state index in [0.717, 1.165) is 6.07 Å². The largest absolute Gasteiger partial charge is 0.307 e. The van der Waals surface area contributed by atoms with E-state index < -0.39 is 11.6 Å². The van der Waals surface area contributed by atoms with E-state index in [4.69, 9.17) is 0 Å². The zero-order valence-electron chi connectivity index (χ0n) is 10.6. The highest BCUT2D eigenvalue weighted by Gasteiger charge is 2.42. The third kappa shape index (κ3) is 2.65. The zero-order valence-corrected chi connectivity index (χ0v) is 10.6. The summed E-state index contributed by atoms with van der Waals surface area (Å²) >= 11 is 0. The normalized spacial score (nSPS) is 21.0.